The molecular formula is C52H34N4. The number of hydrogen-bond acceptors (Lipinski definition) is 1. The summed E-state index contributed by atoms with van der Waals surface area (Å²) in [5.41, 5.74) is 12.7. The van der Waals surface area contributed by atoms with Crippen molar-refractivity contribution >= 4 is 78.2 Å². The number of hydrogen-bond donors (Lipinski definition) is 1. The van der Waals surface area contributed by atoms with E-state index in [4.69, 9.17) is 4.99 Å². The van der Waals surface area contributed by atoms with Gasteiger partial charge in [0.25, 0.3) is 0 Å². The summed E-state index contributed by atoms with van der Waals surface area (Å²) in [6.45, 7) is 0. The molecule has 0 spiro atoms. The van der Waals surface area contributed by atoms with Crippen LogP contribution >= 0.6 is 0 Å². The van der Waals surface area contributed by atoms with Gasteiger partial charge in [-0.3, -0.25) is 9.98 Å². The molecule has 0 radical (unpaired) electrons. The molecule has 0 saturated carbocycles. The van der Waals surface area contributed by atoms with E-state index in [0.29, 0.717) is 0 Å². The molecule has 1 N–H and O–H groups in total. The summed E-state index contributed by atoms with van der Waals surface area (Å²) < 4.78 is 4.40. The van der Waals surface area contributed by atoms with Crippen molar-refractivity contribution < 1.29 is 0 Å². The number of nitrogens with zero attached hydrogens (tertiary/aromatic N) is 3. The average Bonchev–Trinajstić information content (AvgIpc) is 3.78. The second-order valence-corrected chi connectivity index (χ2v) is 14.4. The van der Waals surface area contributed by atoms with E-state index in [1.807, 2.05) is 34.9 Å². The number of para-hydroxylation sites is 3. The van der Waals surface area contributed by atoms with Crippen LogP contribution in [-0.4, -0.2) is 20.8 Å². The molecule has 11 rings (SSSR count). The van der Waals surface area contributed by atoms with Gasteiger partial charge >= 0.3 is 0 Å². The molecule has 1 aliphatic carbocycles. The molecule has 0 atom stereocenters. The normalized spacial score (nSPS) is 14.1. The van der Waals surface area contributed by atoms with E-state index in [1.54, 1.807) is 0 Å². The maximum Gasteiger partial charge on any atom is 0.227 e. The standard InChI is InChI=1S/C52H34N4/c53-52(54-50-37(31-34-15-3-1-4-16-34)28-27-35-17-7-8-20-39(35)50)56-48-26-14-12-23-42(48)46-33-44(40-21-9-10-24-43(40)51(46)56)36-29-30-49-45(32-36)41-22-11-13-25-47(41)55(49)38-18-5-2-6-19-38/h1-33,53H/b37-31+,53-52?,54-50?. The third-order valence-electron chi connectivity index (χ3n) is 11.2. The Morgan fingerprint density at radius 3 is 1.91 bits per heavy atom. The Morgan fingerprint density at radius 2 is 1.11 bits per heavy atom. The van der Waals surface area contributed by atoms with E-state index < -0.39 is 0 Å². The van der Waals surface area contributed by atoms with Gasteiger partial charge in [0.2, 0.25) is 5.96 Å². The fourth-order valence-electron chi connectivity index (χ4n) is 8.68. The zero-order chi connectivity index (χ0) is 37.2. The molecule has 56 heavy (non-hydrogen) atoms. The fraction of sp³-hybridized carbons (Fsp3) is 0. The molecule has 4 heteroatoms. The van der Waals surface area contributed by atoms with Crippen molar-refractivity contribution in [2.75, 3.05) is 0 Å². The Balaban J connectivity index is 1.14. The highest BCUT2D eigenvalue weighted by atomic mass is 15.2. The third kappa shape index (κ3) is 5.00. The number of aromatic nitrogens is 2. The van der Waals surface area contributed by atoms with E-state index in [2.05, 4.69) is 174 Å². The summed E-state index contributed by atoms with van der Waals surface area (Å²) >= 11 is 0. The van der Waals surface area contributed by atoms with Crippen molar-refractivity contribution in [1.29, 1.82) is 5.41 Å². The van der Waals surface area contributed by atoms with Gasteiger partial charge in [0.15, 0.2) is 0 Å². The summed E-state index contributed by atoms with van der Waals surface area (Å²) in [4.78, 5) is 5.22. The number of rotatable bonds is 3. The molecule has 8 aromatic carbocycles. The summed E-state index contributed by atoms with van der Waals surface area (Å²) in [7, 11) is 0. The fourth-order valence-corrected chi connectivity index (χ4v) is 8.68. The van der Waals surface area contributed by atoms with E-state index in [9.17, 15) is 5.41 Å². The molecule has 2 aromatic heterocycles. The number of allylic oxidation sites excluding steroid dienone is 2. The highest BCUT2D eigenvalue weighted by Crippen LogP contribution is 2.42. The Kier molecular flexibility index (Phi) is 7.29. The zero-order valence-electron chi connectivity index (χ0n) is 30.4. The molecule has 10 aromatic rings. The predicted octanol–water partition coefficient (Wildman–Crippen LogP) is 13.1. The van der Waals surface area contributed by atoms with Crippen molar-refractivity contribution in [2.24, 2.45) is 4.99 Å². The van der Waals surface area contributed by atoms with Crippen LogP contribution in [-0.2, 0) is 0 Å². The Labute approximate surface area is 323 Å². The van der Waals surface area contributed by atoms with Crippen LogP contribution in [0, 0.1) is 5.41 Å². The van der Waals surface area contributed by atoms with Crippen LogP contribution in [0.1, 0.15) is 16.7 Å². The van der Waals surface area contributed by atoms with E-state index >= 15 is 0 Å². The molecule has 2 heterocycles. The van der Waals surface area contributed by atoms with Crippen LogP contribution in [0.15, 0.2) is 199 Å². The van der Waals surface area contributed by atoms with Crippen LogP contribution in [0.5, 0.6) is 0 Å². The number of fused-ring (bicyclic) bond motifs is 9. The summed E-state index contributed by atoms with van der Waals surface area (Å²) in [5.74, 6) is 0.170. The molecule has 0 fully saturated rings. The first-order valence-electron chi connectivity index (χ1n) is 19.0. The maximum absolute atomic E-state index is 9.81. The van der Waals surface area contributed by atoms with E-state index in [0.717, 1.165) is 77.4 Å². The van der Waals surface area contributed by atoms with Gasteiger partial charge < -0.3 is 4.57 Å². The van der Waals surface area contributed by atoms with Crippen LogP contribution < -0.4 is 0 Å². The second kappa shape index (κ2) is 12.8. The number of aliphatic imine (C=N–C) groups is 1. The molecule has 0 amide bonds. The lowest BCUT2D eigenvalue weighted by molar-refractivity contribution is 1.18. The quantitative estimate of drug-likeness (QED) is 0.140. The molecular weight excluding hydrogens is 681 g/mol. The van der Waals surface area contributed by atoms with E-state index in [-0.39, 0.29) is 5.96 Å². The van der Waals surface area contributed by atoms with Crippen molar-refractivity contribution in [3.05, 3.63) is 210 Å². The van der Waals surface area contributed by atoms with Gasteiger partial charge in [-0.1, -0.05) is 152 Å². The highest BCUT2D eigenvalue weighted by Gasteiger charge is 2.22. The minimum absolute atomic E-state index is 0.170. The van der Waals surface area contributed by atoms with Gasteiger partial charge in [-0.2, -0.15) is 0 Å². The number of benzene rings is 8. The lowest BCUT2D eigenvalue weighted by atomic mass is 9.90. The van der Waals surface area contributed by atoms with Gasteiger partial charge in [-0.25, -0.2) is 4.99 Å². The molecule has 0 bridgehead atoms. The van der Waals surface area contributed by atoms with Gasteiger partial charge in [-0.15, -0.1) is 0 Å². The molecule has 262 valence electrons. The lowest BCUT2D eigenvalue weighted by Gasteiger charge is -2.17. The monoisotopic (exact) mass is 714 g/mol. The first kappa shape index (κ1) is 31.9. The third-order valence-corrected chi connectivity index (χ3v) is 11.2. The van der Waals surface area contributed by atoms with E-state index in [1.165, 1.54) is 21.8 Å². The summed E-state index contributed by atoms with van der Waals surface area (Å²) in [6.07, 6.45) is 6.41. The highest BCUT2D eigenvalue weighted by molar-refractivity contribution is 6.28. The first-order valence-corrected chi connectivity index (χ1v) is 19.0. The van der Waals surface area contributed by atoms with Crippen molar-refractivity contribution in [3.8, 4) is 16.8 Å². The van der Waals surface area contributed by atoms with Crippen LogP contribution in [0.25, 0.3) is 83.4 Å². The SMILES string of the molecule is N=C(N=C1/C(=C/c2ccccc2)C=Cc2ccccc21)n1c2ccccc2c2cc(-c3ccc4c(c3)c3ccccc3n4-c3ccccc3)c3ccccc3c21. The molecule has 0 aliphatic heterocycles. The van der Waals surface area contributed by atoms with Crippen LogP contribution in [0.2, 0.25) is 0 Å². The molecule has 4 nitrogen and oxygen atoms in total. The number of nitrogens with one attached hydrogen (secondary N) is 1. The molecule has 0 unspecified atom stereocenters. The van der Waals surface area contributed by atoms with Gasteiger partial charge in [0.05, 0.1) is 27.8 Å². The maximum atomic E-state index is 9.81. The first-order chi connectivity index (χ1) is 27.7. The second-order valence-electron chi connectivity index (χ2n) is 14.4. The van der Waals surface area contributed by atoms with Gasteiger partial charge in [0.1, 0.15) is 0 Å². The smallest absolute Gasteiger partial charge is 0.227 e. The van der Waals surface area contributed by atoms with Crippen LogP contribution in [0.4, 0.5) is 0 Å². The Morgan fingerprint density at radius 1 is 0.482 bits per heavy atom. The zero-order valence-corrected chi connectivity index (χ0v) is 30.4. The van der Waals surface area contributed by atoms with Gasteiger partial charge in [-0.05, 0) is 76.2 Å². The minimum atomic E-state index is 0.170. The van der Waals surface area contributed by atoms with Crippen molar-refractivity contribution in [2.45, 2.75) is 0 Å². The summed E-state index contributed by atoms with van der Waals surface area (Å²) in [5, 5.41) is 16.6. The minimum Gasteiger partial charge on any atom is -0.309 e. The van der Waals surface area contributed by atoms with Crippen molar-refractivity contribution in [3.63, 3.8) is 0 Å². The largest absolute Gasteiger partial charge is 0.309 e. The van der Waals surface area contributed by atoms with Gasteiger partial charge in [0, 0.05) is 43.8 Å². The Hall–Kier alpha value is -7.56. The topological polar surface area (TPSA) is 46.1 Å². The van der Waals surface area contributed by atoms with Crippen LogP contribution in [0.3, 0.4) is 0 Å². The lowest BCUT2D eigenvalue weighted by Crippen LogP contribution is -2.16. The predicted molar refractivity (Wildman–Crippen MR) is 236 cm³/mol. The van der Waals surface area contributed by atoms with Crippen molar-refractivity contribution in [1.82, 2.24) is 9.13 Å². The average molecular weight is 715 g/mol. The molecule has 1 aliphatic rings. The Bertz CT molecular complexity index is 3300. The molecule has 0 saturated heterocycles. The summed E-state index contributed by atoms with van der Waals surface area (Å²) in [6, 6.07) is 64.1.